The van der Waals surface area contributed by atoms with E-state index >= 15 is 0 Å². The van der Waals surface area contributed by atoms with E-state index in [-0.39, 0.29) is 17.0 Å². The molecule has 1 heterocycles. The van der Waals surface area contributed by atoms with Crippen LogP contribution in [0.2, 0.25) is 0 Å². The SMILES string of the molecule is CCc1ccc(N2C(=O)CS[C@@H]2c2ccc([N+](=O)[O-])cc2)cc1. The summed E-state index contributed by atoms with van der Waals surface area (Å²) in [6.45, 7) is 2.09. The molecular weight excluding hydrogens is 312 g/mol. The van der Waals surface area contributed by atoms with Gasteiger partial charge < -0.3 is 0 Å². The van der Waals surface area contributed by atoms with Crippen molar-refractivity contribution in [2.45, 2.75) is 18.7 Å². The van der Waals surface area contributed by atoms with Crippen molar-refractivity contribution >= 4 is 29.0 Å². The molecule has 0 saturated carbocycles. The standard InChI is InChI=1S/C17H16N2O3S/c1-2-12-3-7-14(8-4-12)18-16(20)11-23-17(18)13-5-9-15(10-6-13)19(21)22/h3-10,17H,2,11H2,1H3/t17-/m1/s1. The monoisotopic (exact) mass is 328 g/mol. The Balaban J connectivity index is 1.91. The van der Waals surface area contributed by atoms with Crippen molar-refractivity contribution in [1.82, 2.24) is 0 Å². The summed E-state index contributed by atoms with van der Waals surface area (Å²) in [4.78, 5) is 24.4. The minimum absolute atomic E-state index is 0.0573. The molecule has 6 heteroatoms. The average Bonchev–Trinajstić information content (AvgIpc) is 2.96. The van der Waals surface area contributed by atoms with E-state index in [1.165, 1.54) is 29.5 Å². The molecule has 1 saturated heterocycles. The number of nitro benzene ring substituents is 1. The second kappa shape index (κ2) is 6.42. The molecule has 1 aliphatic heterocycles. The van der Waals surface area contributed by atoms with Gasteiger partial charge in [-0.2, -0.15) is 0 Å². The highest BCUT2D eigenvalue weighted by Crippen LogP contribution is 2.42. The molecule has 2 aromatic rings. The van der Waals surface area contributed by atoms with Gasteiger partial charge in [-0.05, 0) is 41.8 Å². The van der Waals surface area contributed by atoms with E-state index in [0.717, 1.165) is 17.7 Å². The van der Waals surface area contributed by atoms with Crippen LogP contribution in [0.3, 0.4) is 0 Å². The first-order chi connectivity index (χ1) is 11.1. The molecule has 1 atom stereocenters. The van der Waals surface area contributed by atoms with Crippen LogP contribution in [0.5, 0.6) is 0 Å². The molecule has 1 fully saturated rings. The number of rotatable bonds is 4. The Morgan fingerprint density at radius 1 is 1.17 bits per heavy atom. The molecule has 3 rings (SSSR count). The van der Waals surface area contributed by atoms with Crippen molar-refractivity contribution in [1.29, 1.82) is 0 Å². The van der Waals surface area contributed by atoms with Crippen molar-refractivity contribution < 1.29 is 9.72 Å². The number of hydrogen-bond acceptors (Lipinski definition) is 4. The van der Waals surface area contributed by atoms with Gasteiger partial charge in [0.2, 0.25) is 5.91 Å². The molecule has 2 aromatic carbocycles. The third kappa shape index (κ3) is 3.07. The Labute approximate surface area is 138 Å². The van der Waals surface area contributed by atoms with Crippen molar-refractivity contribution in [3.63, 3.8) is 0 Å². The number of aryl methyl sites for hydroxylation is 1. The summed E-state index contributed by atoms with van der Waals surface area (Å²) in [5.41, 5.74) is 3.04. The maximum Gasteiger partial charge on any atom is 0.269 e. The van der Waals surface area contributed by atoms with Gasteiger partial charge in [0.15, 0.2) is 0 Å². The topological polar surface area (TPSA) is 63.5 Å². The highest BCUT2D eigenvalue weighted by Gasteiger charge is 2.34. The summed E-state index contributed by atoms with van der Waals surface area (Å²) in [6.07, 6.45) is 0.953. The third-order valence-electron chi connectivity index (χ3n) is 3.88. The summed E-state index contributed by atoms with van der Waals surface area (Å²) >= 11 is 1.54. The van der Waals surface area contributed by atoms with E-state index < -0.39 is 4.92 Å². The van der Waals surface area contributed by atoms with E-state index in [1.54, 1.807) is 17.0 Å². The van der Waals surface area contributed by atoms with Crippen molar-refractivity contribution in [3.05, 3.63) is 69.8 Å². The Morgan fingerprint density at radius 3 is 2.39 bits per heavy atom. The molecule has 0 radical (unpaired) electrons. The zero-order valence-corrected chi connectivity index (χ0v) is 13.5. The maximum atomic E-state index is 12.3. The van der Waals surface area contributed by atoms with Crippen LogP contribution in [0.4, 0.5) is 11.4 Å². The first kappa shape index (κ1) is 15.6. The number of non-ortho nitro benzene ring substituents is 1. The van der Waals surface area contributed by atoms with E-state index in [1.807, 2.05) is 24.3 Å². The van der Waals surface area contributed by atoms with Gasteiger partial charge >= 0.3 is 0 Å². The van der Waals surface area contributed by atoms with Crippen molar-refractivity contribution in [2.24, 2.45) is 0 Å². The largest absolute Gasteiger partial charge is 0.295 e. The lowest BCUT2D eigenvalue weighted by Gasteiger charge is -2.24. The van der Waals surface area contributed by atoms with E-state index in [9.17, 15) is 14.9 Å². The summed E-state index contributed by atoms with van der Waals surface area (Å²) in [5.74, 6) is 0.472. The molecule has 118 valence electrons. The number of anilines is 1. The molecule has 0 spiro atoms. The minimum atomic E-state index is -0.419. The second-order valence-electron chi connectivity index (χ2n) is 5.30. The van der Waals surface area contributed by atoms with Crippen molar-refractivity contribution in [2.75, 3.05) is 10.7 Å². The van der Waals surface area contributed by atoms with Gasteiger partial charge in [-0.15, -0.1) is 11.8 Å². The fraction of sp³-hybridized carbons (Fsp3) is 0.235. The van der Waals surface area contributed by atoms with Gasteiger partial charge in [0.1, 0.15) is 5.37 Å². The highest BCUT2D eigenvalue weighted by atomic mass is 32.2. The van der Waals surface area contributed by atoms with Crippen LogP contribution < -0.4 is 4.90 Å². The fourth-order valence-electron chi connectivity index (χ4n) is 2.60. The predicted molar refractivity (Wildman–Crippen MR) is 91.6 cm³/mol. The average molecular weight is 328 g/mol. The van der Waals surface area contributed by atoms with Gasteiger partial charge in [-0.25, -0.2) is 0 Å². The summed E-state index contributed by atoms with van der Waals surface area (Å²) < 4.78 is 0. The van der Waals surface area contributed by atoms with Gasteiger partial charge in [-0.1, -0.05) is 19.1 Å². The van der Waals surface area contributed by atoms with Gasteiger partial charge in [0.25, 0.3) is 5.69 Å². The number of amides is 1. The second-order valence-corrected chi connectivity index (χ2v) is 6.36. The van der Waals surface area contributed by atoms with Crippen LogP contribution in [-0.2, 0) is 11.2 Å². The maximum absolute atomic E-state index is 12.3. The van der Waals surface area contributed by atoms with Crippen LogP contribution >= 0.6 is 11.8 Å². The van der Waals surface area contributed by atoms with Crippen LogP contribution in [0.15, 0.2) is 48.5 Å². The number of carbonyl (C=O) groups is 1. The van der Waals surface area contributed by atoms with Crippen LogP contribution in [0.1, 0.15) is 23.4 Å². The normalized spacial score (nSPS) is 17.5. The predicted octanol–water partition coefficient (Wildman–Crippen LogP) is 3.94. The molecule has 1 amide bonds. The molecule has 5 nitrogen and oxygen atoms in total. The van der Waals surface area contributed by atoms with E-state index in [4.69, 9.17) is 0 Å². The van der Waals surface area contributed by atoms with Crippen LogP contribution in [0, 0.1) is 10.1 Å². The Bertz CT molecular complexity index is 729. The number of benzene rings is 2. The van der Waals surface area contributed by atoms with Crippen LogP contribution in [-0.4, -0.2) is 16.6 Å². The molecular formula is C17H16N2O3S. The highest BCUT2D eigenvalue weighted by molar-refractivity contribution is 8.00. The molecule has 0 aromatic heterocycles. The number of nitro groups is 1. The molecule has 1 aliphatic rings. The molecule has 0 aliphatic carbocycles. The number of thioether (sulfide) groups is 1. The number of nitrogens with zero attached hydrogens (tertiary/aromatic N) is 2. The summed E-state index contributed by atoms with van der Waals surface area (Å²) in [7, 11) is 0. The zero-order chi connectivity index (χ0) is 16.4. The van der Waals surface area contributed by atoms with Gasteiger partial charge in [-0.3, -0.25) is 19.8 Å². The van der Waals surface area contributed by atoms with Crippen molar-refractivity contribution in [3.8, 4) is 0 Å². The Morgan fingerprint density at radius 2 is 1.83 bits per heavy atom. The lowest BCUT2D eigenvalue weighted by molar-refractivity contribution is -0.384. The summed E-state index contributed by atoms with van der Waals surface area (Å²) in [5, 5.41) is 10.6. The zero-order valence-electron chi connectivity index (χ0n) is 12.6. The van der Waals surface area contributed by atoms with Crippen LogP contribution in [0.25, 0.3) is 0 Å². The Hall–Kier alpha value is -2.34. The number of hydrogen-bond donors (Lipinski definition) is 0. The van der Waals surface area contributed by atoms with E-state index in [2.05, 4.69) is 6.92 Å². The fourth-order valence-corrected chi connectivity index (χ4v) is 3.78. The first-order valence-corrected chi connectivity index (χ1v) is 8.42. The third-order valence-corrected chi connectivity index (χ3v) is 5.09. The lowest BCUT2D eigenvalue weighted by atomic mass is 10.1. The van der Waals surface area contributed by atoms with Gasteiger partial charge in [0.05, 0.1) is 10.7 Å². The van der Waals surface area contributed by atoms with Gasteiger partial charge in [0, 0.05) is 17.8 Å². The summed E-state index contributed by atoms with van der Waals surface area (Å²) in [6, 6.07) is 14.4. The van der Waals surface area contributed by atoms with E-state index in [0.29, 0.717) is 5.75 Å². The molecule has 23 heavy (non-hydrogen) atoms. The first-order valence-electron chi connectivity index (χ1n) is 7.37. The minimum Gasteiger partial charge on any atom is -0.295 e. The molecule has 0 unspecified atom stereocenters. The lowest BCUT2D eigenvalue weighted by Crippen LogP contribution is -2.27. The molecule has 0 bridgehead atoms. The number of carbonyl (C=O) groups excluding carboxylic acids is 1. The quantitative estimate of drug-likeness (QED) is 0.630. The molecule has 0 N–H and O–H groups in total. The Kier molecular flexibility index (Phi) is 4.34. The smallest absolute Gasteiger partial charge is 0.269 e.